The van der Waals surface area contributed by atoms with Crippen molar-refractivity contribution in [3.8, 4) is 11.4 Å². The lowest BCUT2D eigenvalue weighted by Crippen LogP contribution is -2.20. The van der Waals surface area contributed by atoms with Gasteiger partial charge in [-0.3, -0.25) is 0 Å². The maximum atomic E-state index is 6.85. The van der Waals surface area contributed by atoms with Gasteiger partial charge in [0.2, 0.25) is 0 Å². The second-order valence-electron chi connectivity index (χ2n) is 14.2. The zero-order valence-electron chi connectivity index (χ0n) is 28.4. The zero-order valence-corrected chi connectivity index (χ0v) is 28.4. The van der Waals surface area contributed by atoms with Crippen LogP contribution < -0.4 is 4.74 Å². The summed E-state index contributed by atoms with van der Waals surface area (Å²) in [5, 5.41) is 7.40. The van der Waals surface area contributed by atoms with E-state index in [1.54, 1.807) is 0 Å². The van der Waals surface area contributed by atoms with Crippen LogP contribution in [0.15, 0.2) is 131 Å². The number of hydrogen-bond donors (Lipinski definition) is 0. The number of nitrogens with zero attached hydrogens (tertiary/aromatic N) is 2. The summed E-state index contributed by atoms with van der Waals surface area (Å²) in [6, 6.07) is 39.5. The molecular weight excluding hydrogens is 613 g/mol. The number of furan rings is 1. The van der Waals surface area contributed by atoms with Gasteiger partial charge in [-0.05, 0) is 92.9 Å². The molecule has 0 N–H and O–H groups in total. The Labute approximate surface area is 289 Å². The Kier molecular flexibility index (Phi) is 5.47. The van der Waals surface area contributed by atoms with Crippen LogP contribution in [-0.4, -0.2) is 15.2 Å². The molecule has 0 saturated carbocycles. The summed E-state index contributed by atoms with van der Waals surface area (Å²) in [5.74, 6) is 1.05. The van der Waals surface area contributed by atoms with Gasteiger partial charge in [0.1, 0.15) is 23.0 Å². The highest BCUT2D eigenvalue weighted by molar-refractivity contribution is 6.13. The molecule has 0 spiro atoms. The monoisotopic (exact) mass is 646 g/mol. The molecule has 1 aliphatic carbocycles. The number of aromatic nitrogens is 2. The highest BCUT2D eigenvalue weighted by Crippen LogP contribution is 2.52. The van der Waals surface area contributed by atoms with Crippen LogP contribution in [0, 0.1) is 20.8 Å². The zero-order chi connectivity index (χ0) is 33.4. The number of hydrogen-bond acceptors (Lipinski definition) is 2. The molecule has 1 aliphatic heterocycles. The minimum atomic E-state index is -0.0626. The first kappa shape index (κ1) is 27.9. The van der Waals surface area contributed by atoms with Gasteiger partial charge in [-0.1, -0.05) is 72.8 Å². The molecule has 240 valence electrons. The Morgan fingerprint density at radius 2 is 1.10 bits per heavy atom. The van der Waals surface area contributed by atoms with E-state index < -0.39 is 0 Å². The molecule has 9 aromatic rings. The second kappa shape index (κ2) is 9.79. The Bertz CT molecular complexity index is 2910. The van der Waals surface area contributed by atoms with Gasteiger partial charge in [0, 0.05) is 60.7 Å². The van der Waals surface area contributed by atoms with Gasteiger partial charge in [0.15, 0.2) is 0 Å². The lowest BCUT2D eigenvalue weighted by atomic mass is 9.84. The predicted octanol–water partition coefficient (Wildman–Crippen LogP) is 12.1. The molecule has 2 atom stereocenters. The number of aryl methyl sites for hydroxylation is 3. The molecule has 50 heavy (non-hydrogen) atoms. The van der Waals surface area contributed by atoms with E-state index in [0.29, 0.717) is 0 Å². The molecule has 0 fully saturated rings. The van der Waals surface area contributed by atoms with E-state index in [1.807, 2.05) is 0 Å². The van der Waals surface area contributed by atoms with Crippen molar-refractivity contribution < 1.29 is 9.15 Å². The maximum Gasteiger partial charge on any atom is 0.142 e. The highest BCUT2D eigenvalue weighted by atomic mass is 16.5. The maximum absolute atomic E-state index is 6.85. The average molecular weight is 647 g/mol. The van der Waals surface area contributed by atoms with E-state index in [1.165, 1.54) is 82.6 Å². The number of benzene rings is 6. The van der Waals surface area contributed by atoms with Crippen molar-refractivity contribution in [1.29, 1.82) is 0 Å². The molecule has 3 aromatic heterocycles. The smallest absolute Gasteiger partial charge is 0.142 e. The van der Waals surface area contributed by atoms with E-state index in [4.69, 9.17) is 9.15 Å². The highest BCUT2D eigenvalue weighted by Gasteiger charge is 2.39. The molecule has 0 bridgehead atoms. The summed E-state index contributed by atoms with van der Waals surface area (Å²) in [5.41, 5.74) is 15.1. The van der Waals surface area contributed by atoms with Crippen LogP contribution in [0.4, 0.5) is 0 Å². The van der Waals surface area contributed by atoms with E-state index in [0.717, 1.165) is 27.9 Å². The lowest BCUT2D eigenvalue weighted by Gasteiger charge is -2.24. The van der Waals surface area contributed by atoms with Crippen LogP contribution in [0.2, 0.25) is 0 Å². The van der Waals surface area contributed by atoms with Gasteiger partial charge in [-0.15, -0.1) is 0 Å². The van der Waals surface area contributed by atoms with Gasteiger partial charge >= 0.3 is 0 Å². The Morgan fingerprint density at radius 1 is 0.560 bits per heavy atom. The largest absolute Gasteiger partial charge is 0.485 e. The lowest BCUT2D eigenvalue weighted by molar-refractivity contribution is 0.266. The van der Waals surface area contributed by atoms with E-state index >= 15 is 0 Å². The van der Waals surface area contributed by atoms with Crippen LogP contribution in [-0.2, 0) is 0 Å². The van der Waals surface area contributed by atoms with Crippen LogP contribution in [0.25, 0.3) is 76.9 Å². The molecule has 2 aliphatic rings. The first-order chi connectivity index (χ1) is 24.5. The topological polar surface area (TPSA) is 32.2 Å². The quantitative estimate of drug-likeness (QED) is 0.187. The SMILES string of the molecule is CC1=CC2Oc3c(c(C)c4c(oc5cc(C)c(-n6c7ccccc7c7ccccc76)cc54)c3C)C2C=C1n1c2ccccc2c2ccccc21. The van der Waals surface area contributed by atoms with Crippen molar-refractivity contribution >= 4 is 71.2 Å². The van der Waals surface area contributed by atoms with E-state index in [-0.39, 0.29) is 12.0 Å². The van der Waals surface area contributed by atoms with Gasteiger partial charge < -0.3 is 18.3 Å². The molecule has 2 unspecified atom stereocenters. The van der Waals surface area contributed by atoms with Gasteiger partial charge in [-0.25, -0.2) is 0 Å². The van der Waals surface area contributed by atoms with Crippen molar-refractivity contribution in [3.05, 3.63) is 149 Å². The summed E-state index contributed by atoms with van der Waals surface area (Å²) in [6.07, 6.45) is 4.72. The fourth-order valence-corrected chi connectivity index (χ4v) is 9.21. The summed E-state index contributed by atoms with van der Waals surface area (Å²) in [7, 11) is 0. The minimum Gasteiger partial charge on any atom is -0.485 e. The van der Waals surface area contributed by atoms with Gasteiger partial charge in [0.25, 0.3) is 0 Å². The third-order valence-corrected chi connectivity index (χ3v) is 11.5. The van der Waals surface area contributed by atoms with Crippen molar-refractivity contribution in [2.75, 3.05) is 0 Å². The molecule has 11 rings (SSSR count). The van der Waals surface area contributed by atoms with Gasteiger partial charge in [0.05, 0.1) is 22.1 Å². The van der Waals surface area contributed by atoms with E-state index in [2.05, 4.69) is 158 Å². The fraction of sp³-hybridized carbons (Fsp3) is 0.130. The third kappa shape index (κ3) is 3.50. The number of fused-ring (bicyclic) bond motifs is 12. The summed E-state index contributed by atoms with van der Waals surface area (Å²) < 4.78 is 18.5. The molecule has 4 heteroatoms. The molecule has 4 nitrogen and oxygen atoms in total. The number of allylic oxidation sites excluding steroid dienone is 2. The third-order valence-electron chi connectivity index (χ3n) is 11.5. The molecule has 0 amide bonds. The number of ether oxygens (including phenoxy) is 1. The first-order valence-corrected chi connectivity index (χ1v) is 17.5. The average Bonchev–Trinajstić information content (AvgIpc) is 3.88. The predicted molar refractivity (Wildman–Crippen MR) is 207 cm³/mol. The molecule has 0 saturated heterocycles. The van der Waals surface area contributed by atoms with Crippen LogP contribution in [0.5, 0.6) is 5.75 Å². The fourth-order valence-electron chi connectivity index (χ4n) is 9.21. The Morgan fingerprint density at radius 3 is 1.68 bits per heavy atom. The summed E-state index contributed by atoms with van der Waals surface area (Å²) >= 11 is 0. The minimum absolute atomic E-state index is 0.0626. The molecular formula is C46H34N2O2. The Balaban J connectivity index is 1.15. The van der Waals surface area contributed by atoms with Crippen LogP contribution in [0.3, 0.4) is 0 Å². The van der Waals surface area contributed by atoms with E-state index in [9.17, 15) is 0 Å². The van der Waals surface area contributed by atoms with Crippen molar-refractivity contribution in [1.82, 2.24) is 9.13 Å². The molecule has 6 aromatic carbocycles. The standard InChI is InChI=1S/C46H34N2O2/c1-25-21-41-33(23-39(25)47-35-17-9-5-13-29(35)30-14-6-10-18-36(30)47)43-27(3)44-34-24-40(26(2)22-42(34)50-46(44)28(4)45(43)49-41)48-37-19-11-7-15-31(37)32-16-8-12-20-38(32)48/h5-24,33,41H,1-4H3. The van der Waals surface area contributed by atoms with Crippen molar-refractivity contribution in [2.24, 2.45) is 0 Å². The Hall–Kier alpha value is -6.00. The van der Waals surface area contributed by atoms with Crippen LogP contribution >= 0.6 is 0 Å². The van der Waals surface area contributed by atoms with Gasteiger partial charge in [-0.2, -0.15) is 0 Å². The summed E-state index contributed by atoms with van der Waals surface area (Å²) in [6.45, 7) is 8.84. The second-order valence-corrected chi connectivity index (χ2v) is 14.2. The summed E-state index contributed by atoms with van der Waals surface area (Å²) in [4.78, 5) is 0. The van der Waals surface area contributed by atoms with Crippen LogP contribution in [0.1, 0.15) is 35.1 Å². The molecule has 4 heterocycles. The number of rotatable bonds is 2. The number of para-hydroxylation sites is 4. The normalized spacial score (nSPS) is 17.2. The van der Waals surface area contributed by atoms with Crippen molar-refractivity contribution in [2.45, 2.75) is 39.7 Å². The van der Waals surface area contributed by atoms with Crippen molar-refractivity contribution in [3.63, 3.8) is 0 Å². The molecule has 0 radical (unpaired) electrons. The first-order valence-electron chi connectivity index (χ1n) is 17.5.